The number of ether oxygens (including phenoxy) is 2. The highest BCUT2D eigenvalue weighted by Crippen LogP contribution is 1.98. The molecule has 0 saturated heterocycles. The lowest BCUT2D eigenvalue weighted by molar-refractivity contribution is -0.140. The maximum absolute atomic E-state index is 11.6. The fraction of sp³-hybridized carbons (Fsp3) is 0.818. The van der Waals surface area contributed by atoms with Gasteiger partial charge in [0.05, 0.1) is 18.6 Å². The molecule has 0 aromatic carbocycles. The van der Waals surface area contributed by atoms with Gasteiger partial charge in [0.1, 0.15) is 0 Å². The SMILES string of the molecule is COCCCC(N)C(=O)NCC(CC(=O)O)OC. The summed E-state index contributed by atoms with van der Waals surface area (Å²) in [5, 5.41) is 11.2. The maximum Gasteiger partial charge on any atom is 0.306 e. The van der Waals surface area contributed by atoms with E-state index in [0.29, 0.717) is 19.4 Å². The van der Waals surface area contributed by atoms with Crippen LogP contribution in [0.1, 0.15) is 19.3 Å². The first kappa shape index (κ1) is 16.8. The van der Waals surface area contributed by atoms with Crippen molar-refractivity contribution >= 4 is 11.9 Å². The predicted molar refractivity (Wildman–Crippen MR) is 65.1 cm³/mol. The Hall–Kier alpha value is -1.18. The number of carbonyl (C=O) groups is 2. The van der Waals surface area contributed by atoms with Crippen LogP contribution in [0.15, 0.2) is 0 Å². The Labute approximate surface area is 107 Å². The van der Waals surface area contributed by atoms with Crippen LogP contribution in [-0.2, 0) is 19.1 Å². The third-order valence-electron chi connectivity index (χ3n) is 2.44. The Morgan fingerprint density at radius 3 is 2.56 bits per heavy atom. The molecular formula is C11H22N2O5. The molecule has 1 amide bonds. The van der Waals surface area contributed by atoms with Gasteiger partial charge in [0.2, 0.25) is 5.91 Å². The lowest BCUT2D eigenvalue weighted by Gasteiger charge is -2.16. The average Bonchev–Trinajstić information content (AvgIpc) is 2.33. The van der Waals surface area contributed by atoms with E-state index in [9.17, 15) is 9.59 Å². The van der Waals surface area contributed by atoms with E-state index in [-0.39, 0.29) is 18.9 Å². The number of methoxy groups -OCH3 is 2. The summed E-state index contributed by atoms with van der Waals surface area (Å²) < 4.78 is 9.79. The molecule has 0 heterocycles. The van der Waals surface area contributed by atoms with Crippen LogP contribution in [0.2, 0.25) is 0 Å². The van der Waals surface area contributed by atoms with Crippen LogP contribution in [0, 0.1) is 0 Å². The zero-order valence-corrected chi connectivity index (χ0v) is 10.8. The van der Waals surface area contributed by atoms with Crippen molar-refractivity contribution in [3.8, 4) is 0 Å². The van der Waals surface area contributed by atoms with Crippen molar-refractivity contribution in [1.82, 2.24) is 5.32 Å². The van der Waals surface area contributed by atoms with Gasteiger partial charge in [0.15, 0.2) is 0 Å². The topological polar surface area (TPSA) is 111 Å². The summed E-state index contributed by atoms with van der Waals surface area (Å²) in [6, 6.07) is -0.609. The van der Waals surface area contributed by atoms with Gasteiger partial charge in [-0.1, -0.05) is 0 Å². The standard InChI is InChI=1S/C11H22N2O5/c1-17-5-3-4-9(12)11(16)13-7-8(18-2)6-10(14)15/h8-9H,3-7,12H2,1-2H3,(H,13,16)(H,14,15). The number of aliphatic carboxylic acids is 1. The molecule has 7 nitrogen and oxygen atoms in total. The number of hydrogen-bond donors (Lipinski definition) is 3. The van der Waals surface area contributed by atoms with Crippen LogP contribution in [0.4, 0.5) is 0 Å². The van der Waals surface area contributed by atoms with Crippen LogP contribution in [0.3, 0.4) is 0 Å². The summed E-state index contributed by atoms with van der Waals surface area (Å²) in [5.41, 5.74) is 5.66. The molecule has 0 aromatic rings. The minimum atomic E-state index is -0.972. The quantitative estimate of drug-likeness (QED) is 0.451. The predicted octanol–water partition coefficient (Wildman–Crippen LogP) is -0.654. The van der Waals surface area contributed by atoms with Gasteiger partial charge in [-0.25, -0.2) is 0 Å². The molecule has 0 radical (unpaired) electrons. The van der Waals surface area contributed by atoms with E-state index < -0.39 is 18.1 Å². The van der Waals surface area contributed by atoms with Crippen LogP contribution < -0.4 is 11.1 Å². The lowest BCUT2D eigenvalue weighted by atomic mass is 10.1. The van der Waals surface area contributed by atoms with Crippen LogP contribution in [0.25, 0.3) is 0 Å². The Bertz CT molecular complexity index is 260. The second-order valence-electron chi connectivity index (χ2n) is 3.94. The molecule has 0 fully saturated rings. The Morgan fingerprint density at radius 2 is 2.06 bits per heavy atom. The summed E-state index contributed by atoms with van der Waals surface area (Å²) in [7, 11) is 2.99. The van der Waals surface area contributed by atoms with Crippen molar-refractivity contribution in [3.05, 3.63) is 0 Å². The number of nitrogens with two attached hydrogens (primary N) is 1. The van der Waals surface area contributed by atoms with Gasteiger partial charge in [-0.2, -0.15) is 0 Å². The highest BCUT2D eigenvalue weighted by atomic mass is 16.5. The van der Waals surface area contributed by atoms with E-state index in [1.54, 1.807) is 7.11 Å². The van der Waals surface area contributed by atoms with E-state index in [2.05, 4.69) is 5.32 Å². The van der Waals surface area contributed by atoms with Gasteiger partial charge in [0, 0.05) is 27.4 Å². The molecule has 2 unspecified atom stereocenters. The number of hydrogen-bond acceptors (Lipinski definition) is 5. The number of nitrogens with one attached hydrogen (secondary N) is 1. The normalized spacial score (nSPS) is 13.9. The van der Waals surface area contributed by atoms with Crippen molar-refractivity contribution in [2.75, 3.05) is 27.4 Å². The largest absolute Gasteiger partial charge is 0.481 e. The van der Waals surface area contributed by atoms with E-state index in [1.165, 1.54) is 7.11 Å². The van der Waals surface area contributed by atoms with Crippen molar-refractivity contribution < 1.29 is 24.2 Å². The number of carboxylic acid groups (broad SMARTS) is 1. The van der Waals surface area contributed by atoms with Crippen LogP contribution >= 0.6 is 0 Å². The summed E-state index contributed by atoms with van der Waals surface area (Å²) in [5.74, 6) is -1.28. The fourth-order valence-electron chi connectivity index (χ4n) is 1.36. The van der Waals surface area contributed by atoms with Crippen molar-refractivity contribution in [2.24, 2.45) is 5.73 Å². The van der Waals surface area contributed by atoms with Crippen molar-refractivity contribution in [1.29, 1.82) is 0 Å². The van der Waals surface area contributed by atoms with Gasteiger partial charge in [0.25, 0.3) is 0 Å². The lowest BCUT2D eigenvalue weighted by Crippen LogP contribution is -2.44. The van der Waals surface area contributed by atoms with Crippen molar-refractivity contribution in [3.63, 3.8) is 0 Å². The zero-order valence-electron chi connectivity index (χ0n) is 10.8. The fourth-order valence-corrected chi connectivity index (χ4v) is 1.36. The molecule has 0 bridgehead atoms. The zero-order chi connectivity index (χ0) is 14.0. The highest BCUT2D eigenvalue weighted by Gasteiger charge is 2.17. The highest BCUT2D eigenvalue weighted by molar-refractivity contribution is 5.81. The van der Waals surface area contributed by atoms with Gasteiger partial charge in [-0.05, 0) is 12.8 Å². The van der Waals surface area contributed by atoms with Gasteiger partial charge >= 0.3 is 5.97 Å². The number of carboxylic acids is 1. The molecule has 0 spiro atoms. The van der Waals surface area contributed by atoms with Crippen LogP contribution in [0.5, 0.6) is 0 Å². The van der Waals surface area contributed by atoms with E-state index >= 15 is 0 Å². The first-order valence-corrected chi connectivity index (χ1v) is 5.78. The molecule has 18 heavy (non-hydrogen) atoms. The average molecular weight is 262 g/mol. The molecule has 0 aliphatic rings. The Morgan fingerprint density at radius 1 is 1.39 bits per heavy atom. The minimum Gasteiger partial charge on any atom is -0.481 e. The molecule has 0 rings (SSSR count). The van der Waals surface area contributed by atoms with E-state index in [0.717, 1.165) is 0 Å². The molecule has 0 aromatic heterocycles. The Balaban J connectivity index is 3.88. The molecular weight excluding hydrogens is 240 g/mol. The number of amides is 1. The first-order chi connectivity index (χ1) is 8.51. The summed E-state index contributed by atoms with van der Waals surface area (Å²) >= 11 is 0. The molecule has 2 atom stereocenters. The van der Waals surface area contributed by atoms with Gasteiger partial charge in [-0.15, -0.1) is 0 Å². The minimum absolute atomic E-state index is 0.139. The van der Waals surface area contributed by atoms with Crippen molar-refractivity contribution in [2.45, 2.75) is 31.4 Å². The molecule has 0 aliphatic heterocycles. The second kappa shape index (κ2) is 9.81. The van der Waals surface area contributed by atoms with Gasteiger partial charge in [-0.3, -0.25) is 9.59 Å². The smallest absolute Gasteiger partial charge is 0.306 e. The summed E-state index contributed by atoms with van der Waals surface area (Å²) in [4.78, 5) is 22.1. The molecule has 106 valence electrons. The van der Waals surface area contributed by atoms with E-state index in [4.69, 9.17) is 20.3 Å². The first-order valence-electron chi connectivity index (χ1n) is 5.78. The third-order valence-corrected chi connectivity index (χ3v) is 2.44. The third kappa shape index (κ3) is 7.99. The van der Waals surface area contributed by atoms with Gasteiger partial charge < -0.3 is 25.6 Å². The summed E-state index contributed by atoms with van der Waals surface area (Å²) in [6.45, 7) is 0.695. The molecule has 7 heteroatoms. The number of rotatable bonds is 10. The Kier molecular flexibility index (Phi) is 9.17. The second-order valence-corrected chi connectivity index (χ2v) is 3.94. The molecule has 0 aliphatic carbocycles. The molecule has 4 N–H and O–H groups in total. The number of carbonyl (C=O) groups excluding carboxylic acids is 1. The summed E-state index contributed by atoms with van der Waals surface area (Å²) in [6.07, 6.45) is 0.525. The molecule has 0 saturated carbocycles. The maximum atomic E-state index is 11.6. The van der Waals surface area contributed by atoms with E-state index in [1.807, 2.05) is 0 Å². The monoisotopic (exact) mass is 262 g/mol. The van der Waals surface area contributed by atoms with Crippen LogP contribution in [-0.4, -0.2) is 56.5 Å².